The number of ether oxygens (including phenoxy) is 1. The maximum Gasteiger partial charge on any atom is 0.244 e. The van der Waals surface area contributed by atoms with Crippen LogP contribution in [0.3, 0.4) is 0 Å². The van der Waals surface area contributed by atoms with Crippen molar-refractivity contribution in [3.63, 3.8) is 0 Å². The van der Waals surface area contributed by atoms with E-state index in [1.54, 1.807) is 24.3 Å². The number of carbonyl (C=O) groups is 1. The van der Waals surface area contributed by atoms with E-state index < -0.39 is 9.84 Å². The summed E-state index contributed by atoms with van der Waals surface area (Å²) in [5, 5.41) is 3.97. The van der Waals surface area contributed by atoms with Gasteiger partial charge in [0.1, 0.15) is 12.4 Å². The predicted octanol–water partition coefficient (Wildman–Crippen LogP) is -0.873. The number of nitrogens with two attached hydrogens (primary N) is 1. The van der Waals surface area contributed by atoms with Gasteiger partial charge in [0.2, 0.25) is 5.91 Å². The predicted molar refractivity (Wildman–Crippen MR) is 77.3 cm³/mol. The van der Waals surface area contributed by atoms with Gasteiger partial charge in [-0.25, -0.2) is 8.42 Å². The monoisotopic (exact) mass is 316 g/mol. The maximum absolute atomic E-state index is 12.4. The third kappa shape index (κ3) is 4.18. The van der Waals surface area contributed by atoms with Crippen molar-refractivity contribution in [2.45, 2.75) is 19.0 Å². The molecule has 0 aliphatic carbocycles. The van der Waals surface area contributed by atoms with Crippen LogP contribution in [0.4, 0.5) is 5.82 Å². The van der Waals surface area contributed by atoms with Gasteiger partial charge in [-0.1, -0.05) is 0 Å². The zero-order chi connectivity index (χ0) is 15.5. The molecule has 9 heteroatoms. The molecule has 21 heavy (non-hydrogen) atoms. The molecule has 1 aromatic rings. The minimum Gasteiger partial charge on any atom is -0.383 e. The number of carbonyl (C=O) groups excluding carboxylic acids is 1. The normalized spacial score (nSPS) is 20.5. The second-order valence-electron chi connectivity index (χ2n) is 5.07. The molecule has 1 amide bonds. The Morgan fingerprint density at radius 3 is 2.90 bits per heavy atom. The lowest BCUT2D eigenvalue weighted by atomic mass is 10.2. The number of hydrogen-bond donors (Lipinski definition) is 1. The summed E-state index contributed by atoms with van der Waals surface area (Å²) in [6.45, 7) is 0.771. The number of methoxy groups -OCH3 is 1. The maximum atomic E-state index is 12.4. The number of sulfone groups is 1. The van der Waals surface area contributed by atoms with Crippen LogP contribution in [0.25, 0.3) is 0 Å². The molecule has 0 aromatic carbocycles. The number of nitrogens with zero attached hydrogens (tertiary/aromatic N) is 3. The smallest absolute Gasteiger partial charge is 0.244 e. The van der Waals surface area contributed by atoms with Crippen molar-refractivity contribution >= 4 is 21.6 Å². The molecule has 118 valence electrons. The molecule has 8 nitrogen and oxygen atoms in total. The summed E-state index contributed by atoms with van der Waals surface area (Å²) in [7, 11) is -1.50. The number of rotatable bonds is 6. The Kier molecular flexibility index (Phi) is 4.84. The van der Waals surface area contributed by atoms with Crippen LogP contribution in [0.1, 0.15) is 6.42 Å². The van der Waals surface area contributed by atoms with Crippen LogP contribution in [0.15, 0.2) is 12.3 Å². The third-order valence-corrected chi connectivity index (χ3v) is 5.21. The van der Waals surface area contributed by atoms with Crippen molar-refractivity contribution in [3.05, 3.63) is 12.3 Å². The van der Waals surface area contributed by atoms with Gasteiger partial charge in [0, 0.05) is 25.9 Å². The van der Waals surface area contributed by atoms with Gasteiger partial charge in [0.05, 0.1) is 18.1 Å². The van der Waals surface area contributed by atoms with Gasteiger partial charge in [0.25, 0.3) is 0 Å². The zero-order valence-electron chi connectivity index (χ0n) is 11.9. The molecule has 1 aromatic heterocycles. The van der Waals surface area contributed by atoms with Crippen LogP contribution in [-0.2, 0) is 25.9 Å². The summed E-state index contributed by atoms with van der Waals surface area (Å²) in [5.41, 5.74) is 5.51. The van der Waals surface area contributed by atoms with E-state index in [0.717, 1.165) is 0 Å². The van der Waals surface area contributed by atoms with Gasteiger partial charge in [-0.2, -0.15) is 5.10 Å². The summed E-state index contributed by atoms with van der Waals surface area (Å²) in [5.74, 6) is 0.305. The average Bonchev–Trinajstić information content (AvgIpc) is 2.96. The quantitative estimate of drug-likeness (QED) is 0.731. The van der Waals surface area contributed by atoms with Gasteiger partial charge in [0.15, 0.2) is 9.84 Å². The van der Waals surface area contributed by atoms with E-state index in [-0.39, 0.29) is 30.0 Å². The summed E-state index contributed by atoms with van der Waals surface area (Å²) in [4.78, 5) is 14.0. The molecule has 1 saturated heterocycles. The fourth-order valence-corrected chi connectivity index (χ4v) is 4.15. The van der Waals surface area contributed by atoms with Crippen LogP contribution in [0.5, 0.6) is 0 Å². The third-order valence-electron chi connectivity index (χ3n) is 3.46. The molecule has 1 aliphatic heterocycles. The van der Waals surface area contributed by atoms with E-state index in [1.165, 1.54) is 4.68 Å². The fourth-order valence-electron chi connectivity index (χ4n) is 2.42. The van der Waals surface area contributed by atoms with Crippen LogP contribution in [0, 0.1) is 0 Å². The molecular formula is C12H20N4O4S. The highest BCUT2D eigenvalue weighted by Gasteiger charge is 2.34. The second-order valence-corrected chi connectivity index (χ2v) is 7.30. The van der Waals surface area contributed by atoms with E-state index >= 15 is 0 Å². The van der Waals surface area contributed by atoms with Crippen molar-refractivity contribution in [1.82, 2.24) is 14.7 Å². The lowest BCUT2D eigenvalue weighted by molar-refractivity contribution is -0.134. The molecule has 2 rings (SSSR count). The standard InChI is InChI=1S/C12H20N4O4S/c1-20-6-5-16(10-3-7-21(18,19)9-10)12(17)8-15-4-2-11(13)14-15/h2,4,10H,3,5-9H2,1H3,(H2,13,14). The Hall–Kier alpha value is -1.61. The average molecular weight is 316 g/mol. The van der Waals surface area contributed by atoms with Gasteiger partial charge in [-0.15, -0.1) is 0 Å². The number of hydrogen-bond acceptors (Lipinski definition) is 6. The van der Waals surface area contributed by atoms with E-state index in [0.29, 0.717) is 25.4 Å². The number of anilines is 1. The fraction of sp³-hybridized carbons (Fsp3) is 0.667. The molecule has 1 aliphatic rings. The minimum atomic E-state index is -3.04. The number of amides is 1. The van der Waals surface area contributed by atoms with Crippen LogP contribution in [0.2, 0.25) is 0 Å². The molecular weight excluding hydrogens is 296 g/mol. The minimum absolute atomic E-state index is 0.0176. The number of nitrogen functional groups attached to an aromatic ring is 1. The molecule has 2 heterocycles. The zero-order valence-corrected chi connectivity index (χ0v) is 12.8. The molecule has 0 bridgehead atoms. The Morgan fingerprint density at radius 2 is 2.38 bits per heavy atom. The first-order chi connectivity index (χ1) is 9.91. The highest BCUT2D eigenvalue weighted by atomic mass is 32.2. The van der Waals surface area contributed by atoms with Gasteiger partial charge in [-0.3, -0.25) is 9.48 Å². The van der Waals surface area contributed by atoms with Crippen molar-refractivity contribution in [2.24, 2.45) is 0 Å². The van der Waals surface area contributed by atoms with Crippen molar-refractivity contribution in [1.29, 1.82) is 0 Å². The first-order valence-electron chi connectivity index (χ1n) is 6.69. The van der Waals surface area contributed by atoms with Crippen molar-refractivity contribution < 1.29 is 17.9 Å². The molecule has 0 radical (unpaired) electrons. The lowest BCUT2D eigenvalue weighted by Gasteiger charge is -2.28. The second kappa shape index (κ2) is 6.44. The summed E-state index contributed by atoms with van der Waals surface area (Å²) in [6, 6.07) is 1.32. The first kappa shape index (κ1) is 15.8. The van der Waals surface area contributed by atoms with Gasteiger partial charge >= 0.3 is 0 Å². The van der Waals surface area contributed by atoms with Crippen molar-refractivity contribution in [2.75, 3.05) is 37.5 Å². The molecule has 1 fully saturated rings. The van der Waals surface area contributed by atoms with Gasteiger partial charge in [-0.05, 0) is 12.5 Å². The molecule has 1 atom stereocenters. The summed E-state index contributed by atoms with van der Waals surface area (Å²) >= 11 is 0. The van der Waals surface area contributed by atoms with Crippen LogP contribution < -0.4 is 5.73 Å². The Balaban J connectivity index is 2.06. The summed E-state index contributed by atoms with van der Waals surface area (Å²) < 4.78 is 29.6. The van der Waals surface area contributed by atoms with E-state index in [9.17, 15) is 13.2 Å². The van der Waals surface area contributed by atoms with Crippen LogP contribution >= 0.6 is 0 Å². The van der Waals surface area contributed by atoms with Gasteiger partial charge < -0.3 is 15.4 Å². The topological polar surface area (TPSA) is 108 Å². The molecule has 0 saturated carbocycles. The van der Waals surface area contributed by atoms with E-state index in [4.69, 9.17) is 10.5 Å². The highest BCUT2D eigenvalue weighted by Crippen LogP contribution is 2.18. The summed E-state index contributed by atoms with van der Waals surface area (Å²) in [6.07, 6.45) is 2.09. The number of aromatic nitrogens is 2. The van der Waals surface area contributed by atoms with E-state index in [2.05, 4.69) is 5.10 Å². The molecule has 1 unspecified atom stereocenters. The molecule has 2 N–H and O–H groups in total. The van der Waals surface area contributed by atoms with Crippen LogP contribution in [-0.4, -0.2) is 66.8 Å². The Morgan fingerprint density at radius 1 is 1.62 bits per heavy atom. The largest absolute Gasteiger partial charge is 0.383 e. The van der Waals surface area contributed by atoms with E-state index in [1.807, 2.05) is 0 Å². The molecule has 0 spiro atoms. The lowest BCUT2D eigenvalue weighted by Crippen LogP contribution is -2.44. The first-order valence-corrected chi connectivity index (χ1v) is 8.51. The Bertz CT molecular complexity index is 598. The highest BCUT2D eigenvalue weighted by molar-refractivity contribution is 7.91. The SMILES string of the molecule is COCCN(C(=O)Cn1ccc(N)n1)C1CCS(=O)(=O)C1. The van der Waals surface area contributed by atoms with Crippen molar-refractivity contribution in [3.8, 4) is 0 Å². The Labute approximate surface area is 123 Å².